The van der Waals surface area contributed by atoms with Crippen molar-refractivity contribution in [2.24, 2.45) is 0 Å². The lowest BCUT2D eigenvalue weighted by Crippen LogP contribution is -2.18. The van der Waals surface area contributed by atoms with Crippen molar-refractivity contribution in [3.05, 3.63) is 40.5 Å². The zero-order valence-corrected chi connectivity index (χ0v) is 11.6. The van der Waals surface area contributed by atoms with E-state index in [9.17, 15) is 5.26 Å². The molecule has 2 heterocycles. The van der Waals surface area contributed by atoms with Gasteiger partial charge in [0.05, 0.1) is 23.5 Å². The summed E-state index contributed by atoms with van der Waals surface area (Å²) in [7, 11) is 1.93. The lowest BCUT2D eigenvalue weighted by atomic mass is 10.1. The second-order valence-corrected chi connectivity index (χ2v) is 4.64. The van der Waals surface area contributed by atoms with Gasteiger partial charge >= 0.3 is 0 Å². The first-order chi connectivity index (χ1) is 9.01. The van der Waals surface area contributed by atoms with Gasteiger partial charge in [-0.25, -0.2) is 0 Å². The van der Waals surface area contributed by atoms with Crippen LogP contribution < -0.4 is 4.90 Å². The topological polar surface area (TPSA) is 66.0 Å². The molecule has 0 N–H and O–H groups in total. The summed E-state index contributed by atoms with van der Waals surface area (Å²) in [6, 6.07) is 6.02. The van der Waals surface area contributed by atoms with E-state index in [-0.39, 0.29) is 0 Å². The fourth-order valence-corrected chi connectivity index (χ4v) is 2.07. The van der Waals surface area contributed by atoms with E-state index in [2.05, 4.69) is 16.2 Å². The fraction of sp³-hybridized carbons (Fsp3) is 0.357. The number of aryl methyl sites for hydroxylation is 3. The van der Waals surface area contributed by atoms with Gasteiger partial charge in [0, 0.05) is 18.8 Å². The van der Waals surface area contributed by atoms with E-state index in [1.807, 2.05) is 44.9 Å². The van der Waals surface area contributed by atoms with Crippen LogP contribution in [0.5, 0.6) is 0 Å². The minimum Gasteiger partial charge on any atom is -0.367 e. The lowest BCUT2D eigenvalue weighted by molar-refractivity contribution is 0.390. The van der Waals surface area contributed by atoms with Crippen LogP contribution in [0.1, 0.15) is 28.4 Å². The van der Waals surface area contributed by atoms with Gasteiger partial charge in [-0.2, -0.15) is 5.26 Å². The van der Waals surface area contributed by atoms with Gasteiger partial charge in [0.25, 0.3) is 0 Å². The van der Waals surface area contributed by atoms with Crippen molar-refractivity contribution in [1.29, 1.82) is 5.26 Å². The van der Waals surface area contributed by atoms with Crippen LogP contribution in [0.3, 0.4) is 0 Å². The molecule has 0 bridgehead atoms. The second kappa shape index (κ2) is 5.11. The average molecular weight is 256 g/mol. The molecule has 0 spiro atoms. The Morgan fingerprint density at radius 2 is 2.05 bits per heavy atom. The van der Waals surface area contributed by atoms with Gasteiger partial charge in [-0.05, 0) is 26.8 Å². The molecule has 2 rings (SSSR count). The lowest BCUT2D eigenvalue weighted by Gasteiger charge is -2.20. The Balaban J connectivity index is 2.33. The summed E-state index contributed by atoms with van der Waals surface area (Å²) in [6.45, 7) is 6.22. The highest BCUT2D eigenvalue weighted by molar-refractivity contribution is 5.61. The van der Waals surface area contributed by atoms with E-state index in [1.54, 1.807) is 0 Å². The molecule has 5 heteroatoms. The highest BCUT2D eigenvalue weighted by Crippen LogP contribution is 2.23. The first-order valence-corrected chi connectivity index (χ1v) is 6.03. The molecule has 0 unspecified atom stereocenters. The van der Waals surface area contributed by atoms with Gasteiger partial charge in [0.2, 0.25) is 0 Å². The maximum Gasteiger partial charge on any atom is 0.133 e. The average Bonchev–Trinajstić information content (AvgIpc) is 2.73. The SMILES string of the molecule is Cc1cc(N(C)Cc2cc(C)on2)c(C#N)c(C)n1. The number of rotatable bonds is 3. The zero-order chi connectivity index (χ0) is 14.0. The van der Waals surface area contributed by atoms with E-state index in [0.717, 1.165) is 28.5 Å². The number of anilines is 1. The minimum absolute atomic E-state index is 0.592. The quantitative estimate of drug-likeness (QED) is 0.844. The van der Waals surface area contributed by atoms with Gasteiger partial charge in [-0.1, -0.05) is 5.16 Å². The number of pyridine rings is 1. The Labute approximate surface area is 112 Å². The van der Waals surface area contributed by atoms with Crippen molar-refractivity contribution >= 4 is 5.69 Å². The predicted molar refractivity (Wildman–Crippen MR) is 71.8 cm³/mol. The highest BCUT2D eigenvalue weighted by Gasteiger charge is 2.13. The van der Waals surface area contributed by atoms with Crippen LogP contribution in [0, 0.1) is 32.1 Å². The van der Waals surface area contributed by atoms with Gasteiger partial charge in [0.1, 0.15) is 17.5 Å². The van der Waals surface area contributed by atoms with Crippen LogP contribution in [-0.2, 0) is 6.54 Å². The standard InChI is InChI=1S/C14H16N4O/c1-9-5-14(13(7-15)11(3)16-9)18(4)8-12-6-10(2)19-17-12/h5-6H,8H2,1-4H3. The number of aromatic nitrogens is 2. The van der Waals surface area contributed by atoms with Crippen molar-refractivity contribution in [2.75, 3.05) is 11.9 Å². The van der Waals surface area contributed by atoms with E-state index < -0.39 is 0 Å². The first kappa shape index (κ1) is 13.1. The maximum atomic E-state index is 9.26. The summed E-state index contributed by atoms with van der Waals surface area (Å²) in [5.74, 6) is 0.783. The largest absolute Gasteiger partial charge is 0.367 e. The maximum absolute atomic E-state index is 9.26. The summed E-state index contributed by atoms with van der Waals surface area (Å²) in [6.07, 6.45) is 0. The van der Waals surface area contributed by atoms with Crippen molar-refractivity contribution in [3.63, 3.8) is 0 Å². The molecule has 2 aromatic rings. The van der Waals surface area contributed by atoms with Crippen LogP contribution in [0.4, 0.5) is 5.69 Å². The first-order valence-electron chi connectivity index (χ1n) is 6.03. The Hall–Kier alpha value is -2.35. The van der Waals surface area contributed by atoms with Crippen LogP contribution in [0.2, 0.25) is 0 Å². The monoisotopic (exact) mass is 256 g/mol. The van der Waals surface area contributed by atoms with Crippen molar-refractivity contribution in [1.82, 2.24) is 10.1 Å². The van der Waals surface area contributed by atoms with E-state index in [1.165, 1.54) is 0 Å². The Morgan fingerprint density at radius 3 is 2.63 bits per heavy atom. The molecular weight excluding hydrogens is 240 g/mol. The smallest absolute Gasteiger partial charge is 0.133 e. The minimum atomic E-state index is 0.592. The molecule has 0 atom stereocenters. The molecule has 0 amide bonds. The summed E-state index contributed by atoms with van der Waals surface area (Å²) in [4.78, 5) is 6.30. The van der Waals surface area contributed by atoms with Crippen molar-refractivity contribution in [3.8, 4) is 6.07 Å². The number of nitriles is 1. The number of hydrogen-bond acceptors (Lipinski definition) is 5. The van der Waals surface area contributed by atoms with Crippen LogP contribution >= 0.6 is 0 Å². The molecule has 0 aromatic carbocycles. The molecule has 2 aromatic heterocycles. The summed E-state index contributed by atoms with van der Waals surface area (Å²) in [5.41, 5.74) is 3.97. The summed E-state index contributed by atoms with van der Waals surface area (Å²) >= 11 is 0. The summed E-state index contributed by atoms with van der Waals surface area (Å²) in [5, 5.41) is 13.2. The molecule has 0 fully saturated rings. The predicted octanol–water partition coefficient (Wildman–Crippen LogP) is 2.50. The third-order valence-corrected chi connectivity index (χ3v) is 2.91. The third kappa shape index (κ3) is 2.74. The van der Waals surface area contributed by atoms with E-state index >= 15 is 0 Å². The van der Waals surface area contributed by atoms with Gasteiger partial charge in [-0.15, -0.1) is 0 Å². The zero-order valence-electron chi connectivity index (χ0n) is 11.6. The normalized spacial score (nSPS) is 10.3. The second-order valence-electron chi connectivity index (χ2n) is 4.64. The van der Waals surface area contributed by atoms with Crippen LogP contribution in [-0.4, -0.2) is 17.2 Å². The molecule has 0 radical (unpaired) electrons. The molecular formula is C14H16N4O. The van der Waals surface area contributed by atoms with Gasteiger partial charge in [-0.3, -0.25) is 4.98 Å². The number of nitrogens with zero attached hydrogens (tertiary/aromatic N) is 4. The van der Waals surface area contributed by atoms with E-state index in [0.29, 0.717) is 12.1 Å². The van der Waals surface area contributed by atoms with Crippen LogP contribution in [0.15, 0.2) is 16.7 Å². The number of hydrogen-bond donors (Lipinski definition) is 0. The van der Waals surface area contributed by atoms with E-state index in [4.69, 9.17) is 4.52 Å². The molecule has 0 saturated carbocycles. The Morgan fingerprint density at radius 1 is 1.32 bits per heavy atom. The molecule has 0 saturated heterocycles. The van der Waals surface area contributed by atoms with Crippen molar-refractivity contribution in [2.45, 2.75) is 27.3 Å². The molecule has 5 nitrogen and oxygen atoms in total. The Kier molecular flexibility index (Phi) is 3.52. The molecule has 98 valence electrons. The molecule has 0 aliphatic heterocycles. The summed E-state index contributed by atoms with van der Waals surface area (Å²) < 4.78 is 5.05. The van der Waals surface area contributed by atoms with Gasteiger partial charge in [0.15, 0.2) is 0 Å². The molecule has 19 heavy (non-hydrogen) atoms. The molecule has 0 aliphatic rings. The highest BCUT2D eigenvalue weighted by atomic mass is 16.5. The Bertz CT molecular complexity index is 639. The third-order valence-electron chi connectivity index (χ3n) is 2.91. The fourth-order valence-electron chi connectivity index (χ4n) is 2.07. The van der Waals surface area contributed by atoms with Crippen LogP contribution in [0.25, 0.3) is 0 Å². The van der Waals surface area contributed by atoms with Gasteiger partial charge < -0.3 is 9.42 Å². The molecule has 0 aliphatic carbocycles. The van der Waals surface area contributed by atoms with Crippen molar-refractivity contribution < 1.29 is 4.52 Å².